The summed E-state index contributed by atoms with van der Waals surface area (Å²) in [7, 11) is 0. The number of hydrogen-bond donors (Lipinski definition) is 0. The maximum Gasteiger partial charge on any atom is 0.0222 e. The average Bonchev–Trinajstić information content (AvgIpc) is 2.84. The quantitative estimate of drug-likeness (QED) is 0.289. The van der Waals surface area contributed by atoms with Crippen molar-refractivity contribution in [3.63, 3.8) is 0 Å². The summed E-state index contributed by atoms with van der Waals surface area (Å²) in [6, 6.07) is 24.2. The highest BCUT2D eigenvalue weighted by Crippen LogP contribution is 2.56. The Morgan fingerprint density at radius 3 is 1.92 bits per heavy atom. The number of hydrogen-bond acceptors (Lipinski definition) is 0. The van der Waals surface area contributed by atoms with Crippen LogP contribution in [-0.4, -0.2) is 0 Å². The van der Waals surface area contributed by atoms with Gasteiger partial charge in [-0.1, -0.05) is 90.4 Å². The third kappa shape index (κ3) is 1.63. The van der Waals surface area contributed by atoms with Gasteiger partial charge in [0.15, 0.2) is 0 Å². The lowest BCUT2D eigenvalue weighted by Gasteiger charge is -2.24. The van der Waals surface area contributed by atoms with Crippen LogP contribution in [0.3, 0.4) is 0 Å². The van der Waals surface area contributed by atoms with Crippen LogP contribution in [0.4, 0.5) is 0 Å². The molecule has 0 heterocycles. The summed E-state index contributed by atoms with van der Waals surface area (Å²) >= 11 is 3.81. The van der Waals surface area contributed by atoms with Crippen molar-refractivity contribution < 1.29 is 0 Å². The van der Waals surface area contributed by atoms with Crippen molar-refractivity contribution in [3.05, 3.63) is 82.3 Å². The highest BCUT2D eigenvalue weighted by Gasteiger charge is 2.39. The fourth-order valence-electron chi connectivity index (χ4n) is 4.56. The summed E-state index contributed by atoms with van der Waals surface area (Å²) in [4.78, 5) is 0. The number of benzene rings is 4. The van der Waals surface area contributed by atoms with Gasteiger partial charge in [-0.15, -0.1) is 0 Å². The van der Waals surface area contributed by atoms with Gasteiger partial charge in [0.2, 0.25) is 0 Å². The smallest absolute Gasteiger partial charge is 0.0222 e. The van der Waals surface area contributed by atoms with Crippen LogP contribution >= 0.6 is 15.9 Å². The Kier molecular flexibility index (Phi) is 2.79. The Balaban J connectivity index is 2.13. The molecular weight excluding hydrogens is 356 g/mol. The summed E-state index contributed by atoms with van der Waals surface area (Å²) in [5.41, 5.74) is 5.62. The van der Waals surface area contributed by atoms with Gasteiger partial charge in [0.05, 0.1) is 0 Å². The maximum atomic E-state index is 3.81. The van der Waals surface area contributed by atoms with E-state index < -0.39 is 0 Å². The van der Waals surface area contributed by atoms with Crippen molar-refractivity contribution in [1.82, 2.24) is 0 Å². The standard InChI is InChI=1S/C23H17Br/c1-23(2)21-18(12-7-13-19(21)24)20-16-10-5-3-8-14(16)15-9-4-6-11-17(15)22(20)23/h3-13H,1-2H3. The molecule has 0 spiro atoms. The van der Waals surface area contributed by atoms with Gasteiger partial charge in [0, 0.05) is 9.89 Å². The molecule has 1 aliphatic carbocycles. The fourth-order valence-corrected chi connectivity index (χ4v) is 5.42. The molecule has 4 aromatic carbocycles. The highest BCUT2D eigenvalue weighted by atomic mass is 79.9. The average molecular weight is 373 g/mol. The summed E-state index contributed by atoms with van der Waals surface area (Å²) in [6.07, 6.45) is 0. The van der Waals surface area contributed by atoms with Gasteiger partial charge in [0.25, 0.3) is 0 Å². The molecule has 0 aromatic heterocycles. The Morgan fingerprint density at radius 1 is 0.625 bits per heavy atom. The van der Waals surface area contributed by atoms with Crippen LogP contribution in [0.15, 0.2) is 71.2 Å². The molecule has 0 nitrogen and oxygen atoms in total. The van der Waals surface area contributed by atoms with E-state index in [0.717, 1.165) is 0 Å². The Labute approximate surface area is 150 Å². The van der Waals surface area contributed by atoms with E-state index >= 15 is 0 Å². The molecule has 0 amide bonds. The largest absolute Gasteiger partial charge is 0.0616 e. The monoisotopic (exact) mass is 372 g/mol. The molecular formula is C23H17Br. The van der Waals surface area contributed by atoms with Crippen molar-refractivity contribution in [1.29, 1.82) is 0 Å². The van der Waals surface area contributed by atoms with E-state index in [-0.39, 0.29) is 5.41 Å². The molecule has 5 rings (SSSR count). The van der Waals surface area contributed by atoms with Gasteiger partial charge in [-0.05, 0) is 49.9 Å². The lowest BCUT2D eigenvalue weighted by Crippen LogP contribution is -2.16. The zero-order valence-electron chi connectivity index (χ0n) is 13.7. The van der Waals surface area contributed by atoms with Gasteiger partial charge in [-0.25, -0.2) is 0 Å². The predicted octanol–water partition coefficient (Wildman–Crippen LogP) is 7.06. The van der Waals surface area contributed by atoms with E-state index in [1.54, 1.807) is 0 Å². The van der Waals surface area contributed by atoms with E-state index in [2.05, 4.69) is 96.5 Å². The molecule has 1 aliphatic rings. The second kappa shape index (κ2) is 4.70. The van der Waals surface area contributed by atoms with Crippen LogP contribution in [0.5, 0.6) is 0 Å². The molecule has 0 bridgehead atoms. The lowest BCUT2D eigenvalue weighted by molar-refractivity contribution is 0.663. The molecule has 0 N–H and O–H groups in total. The highest BCUT2D eigenvalue weighted by molar-refractivity contribution is 9.10. The molecule has 4 aromatic rings. The molecule has 0 fully saturated rings. The van der Waals surface area contributed by atoms with E-state index in [9.17, 15) is 0 Å². The van der Waals surface area contributed by atoms with Gasteiger partial charge in [0.1, 0.15) is 0 Å². The van der Waals surface area contributed by atoms with Crippen molar-refractivity contribution in [3.8, 4) is 11.1 Å². The molecule has 116 valence electrons. The van der Waals surface area contributed by atoms with E-state index in [4.69, 9.17) is 0 Å². The van der Waals surface area contributed by atoms with Crippen LogP contribution < -0.4 is 0 Å². The number of rotatable bonds is 0. The molecule has 24 heavy (non-hydrogen) atoms. The molecule has 0 radical (unpaired) electrons. The first kappa shape index (κ1) is 14.2. The zero-order chi connectivity index (χ0) is 16.5. The lowest BCUT2D eigenvalue weighted by atomic mass is 9.79. The Morgan fingerprint density at radius 2 is 1.21 bits per heavy atom. The maximum absolute atomic E-state index is 3.81. The van der Waals surface area contributed by atoms with Crippen LogP contribution in [0.2, 0.25) is 0 Å². The molecule has 0 aliphatic heterocycles. The van der Waals surface area contributed by atoms with Crippen LogP contribution in [0, 0.1) is 0 Å². The first-order valence-electron chi connectivity index (χ1n) is 8.34. The Bertz CT molecular complexity index is 1140. The summed E-state index contributed by atoms with van der Waals surface area (Å²) in [5.74, 6) is 0. The molecule has 1 heteroatoms. The minimum absolute atomic E-state index is 0.0194. The molecule has 0 unspecified atom stereocenters. The van der Waals surface area contributed by atoms with Crippen molar-refractivity contribution >= 4 is 37.5 Å². The number of fused-ring (bicyclic) bond motifs is 8. The topological polar surface area (TPSA) is 0 Å². The molecule has 0 atom stereocenters. The van der Waals surface area contributed by atoms with Crippen LogP contribution in [-0.2, 0) is 5.41 Å². The number of halogens is 1. The van der Waals surface area contributed by atoms with Gasteiger partial charge >= 0.3 is 0 Å². The van der Waals surface area contributed by atoms with Crippen LogP contribution in [0.1, 0.15) is 25.0 Å². The second-order valence-electron chi connectivity index (χ2n) is 7.13. The predicted molar refractivity (Wildman–Crippen MR) is 107 cm³/mol. The van der Waals surface area contributed by atoms with Crippen LogP contribution in [0.25, 0.3) is 32.7 Å². The molecule has 0 saturated heterocycles. The van der Waals surface area contributed by atoms with E-state index in [0.29, 0.717) is 0 Å². The minimum Gasteiger partial charge on any atom is -0.0616 e. The van der Waals surface area contributed by atoms with Gasteiger partial charge in [-0.2, -0.15) is 0 Å². The normalized spacial score (nSPS) is 14.8. The first-order valence-corrected chi connectivity index (χ1v) is 9.13. The van der Waals surface area contributed by atoms with Crippen molar-refractivity contribution in [2.24, 2.45) is 0 Å². The SMILES string of the molecule is CC1(C)c2c(Br)cccc2-c2c1c1ccccc1c1ccccc21. The molecule has 0 saturated carbocycles. The van der Waals surface area contributed by atoms with Gasteiger partial charge < -0.3 is 0 Å². The second-order valence-corrected chi connectivity index (χ2v) is 7.98. The first-order chi connectivity index (χ1) is 11.6. The Hall–Kier alpha value is -2.12. The van der Waals surface area contributed by atoms with Crippen molar-refractivity contribution in [2.45, 2.75) is 19.3 Å². The van der Waals surface area contributed by atoms with E-state index in [1.165, 1.54) is 48.3 Å². The zero-order valence-corrected chi connectivity index (χ0v) is 15.3. The van der Waals surface area contributed by atoms with Gasteiger partial charge in [-0.3, -0.25) is 0 Å². The van der Waals surface area contributed by atoms with E-state index in [1.807, 2.05) is 0 Å². The summed E-state index contributed by atoms with van der Waals surface area (Å²) in [5, 5.41) is 5.43. The van der Waals surface area contributed by atoms with Crippen molar-refractivity contribution in [2.75, 3.05) is 0 Å². The third-order valence-corrected chi connectivity index (χ3v) is 6.13. The summed E-state index contributed by atoms with van der Waals surface area (Å²) in [6.45, 7) is 4.70. The minimum atomic E-state index is -0.0194. The fraction of sp³-hybridized carbons (Fsp3) is 0.130. The third-order valence-electron chi connectivity index (χ3n) is 5.47. The summed E-state index contributed by atoms with van der Waals surface area (Å²) < 4.78 is 1.20.